The van der Waals surface area contributed by atoms with Crippen LogP contribution in [0.1, 0.15) is 39.0 Å². The number of nitrogens with one attached hydrogen (secondary N) is 1. The predicted molar refractivity (Wildman–Crippen MR) is 69.3 cm³/mol. The van der Waals surface area contributed by atoms with E-state index in [1.807, 2.05) is 13.1 Å². The Morgan fingerprint density at radius 1 is 1.13 bits per heavy atom. The molecular formula is C13H28N2. The second kappa shape index (κ2) is 11.7. The third-order valence-electron chi connectivity index (χ3n) is 2.58. The van der Waals surface area contributed by atoms with Crippen LogP contribution < -0.4 is 5.32 Å². The summed E-state index contributed by atoms with van der Waals surface area (Å²) in [5.74, 6) is 0. The quantitative estimate of drug-likeness (QED) is 0.418. The molecule has 0 heterocycles. The lowest BCUT2D eigenvalue weighted by atomic mass is 10.2. The average Bonchev–Trinajstić information content (AvgIpc) is 2.24. The lowest BCUT2D eigenvalue weighted by molar-refractivity contribution is 0.295. The van der Waals surface area contributed by atoms with Crippen LogP contribution in [-0.4, -0.2) is 38.1 Å². The molecule has 0 aromatic rings. The minimum Gasteiger partial charge on any atom is -0.320 e. The fourth-order valence-corrected chi connectivity index (χ4v) is 1.78. The highest BCUT2D eigenvalue weighted by atomic mass is 15.1. The second-order valence-corrected chi connectivity index (χ2v) is 4.11. The van der Waals surface area contributed by atoms with E-state index < -0.39 is 0 Å². The summed E-state index contributed by atoms with van der Waals surface area (Å²) in [5.41, 5.74) is 0. The second-order valence-electron chi connectivity index (χ2n) is 4.11. The lowest BCUT2D eigenvalue weighted by Crippen LogP contribution is -2.25. The van der Waals surface area contributed by atoms with E-state index in [-0.39, 0.29) is 0 Å². The number of rotatable bonds is 11. The monoisotopic (exact) mass is 212 g/mol. The van der Waals surface area contributed by atoms with Crippen LogP contribution in [0.4, 0.5) is 0 Å². The first-order chi connectivity index (χ1) is 7.35. The number of unbranched alkanes of at least 4 members (excludes halogenated alkanes) is 3. The van der Waals surface area contributed by atoms with Crippen LogP contribution in [-0.2, 0) is 0 Å². The van der Waals surface area contributed by atoms with Crippen LogP contribution in [0.5, 0.6) is 0 Å². The van der Waals surface area contributed by atoms with Gasteiger partial charge in [-0.3, -0.25) is 4.90 Å². The molecule has 0 unspecified atom stereocenters. The van der Waals surface area contributed by atoms with E-state index >= 15 is 0 Å². The highest BCUT2D eigenvalue weighted by molar-refractivity contribution is 4.73. The van der Waals surface area contributed by atoms with Crippen molar-refractivity contribution in [2.75, 3.05) is 33.2 Å². The van der Waals surface area contributed by atoms with Gasteiger partial charge in [-0.05, 0) is 45.9 Å². The van der Waals surface area contributed by atoms with E-state index in [0.717, 1.165) is 13.1 Å². The van der Waals surface area contributed by atoms with Crippen molar-refractivity contribution in [2.24, 2.45) is 0 Å². The normalized spacial score (nSPS) is 10.9. The van der Waals surface area contributed by atoms with Crippen molar-refractivity contribution in [1.82, 2.24) is 10.2 Å². The third kappa shape index (κ3) is 9.95. The van der Waals surface area contributed by atoms with Gasteiger partial charge in [-0.25, -0.2) is 0 Å². The summed E-state index contributed by atoms with van der Waals surface area (Å²) >= 11 is 0. The maximum absolute atomic E-state index is 3.80. The Morgan fingerprint density at radius 2 is 1.87 bits per heavy atom. The first-order valence-corrected chi connectivity index (χ1v) is 6.33. The van der Waals surface area contributed by atoms with Crippen LogP contribution in [0.25, 0.3) is 0 Å². The van der Waals surface area contributed by atoms with Crippen molar-refractivity contribution in [3.8, 4) is 0 Å². The molecule has 2 nitrogen and oxygen atoms in total. The lowest BCUT2D eigenvalue weighted by Gasteiger charge is -2.19. The molecule has 0 atom stereocenters. The molecule has 2 heteroatoms. The molecule has 0 spiro atoms. The van der Waals surface area contributed by atoms with Gasteiger partial charge in [-0.1, -0.05) is 25.8 Å². The Morgan fingerprint density at radius 3 is 2.47 bits per heavy atom. The Bertz CT molecular complexity index is 134. The predicted octanol–water partition coefficient (Wildman–Crippen LogP) is 2.66. The third-order valence-corrected chi connectivity index (χ3v) is 2.58. The van der Waals surface area contributed by atoms with Gasteiger partial charge in [0.25, 0.3) is 0 Å². The van der Waals surface area contributed by atoms with Crippen molar-refractivity contribution in [1.29, 1.82) is 0 Å². The van der Waals surface area contributed by atoms with Crippen LogP contribution in [0.3, 0.4) is 0 Å². The van der Waals surface area contributed by atoms with Gasteiger partial charge in [-0.15, -0.1) is 6.58 Å². The largest absolute Gasteiger partial charge is 0.320 e. The average molecular weight is 212 g/mol. The molecule has 15 heavy (non-hydrogen) atoms. The molecule has 0 aliphatic rings. The fraction of sp³-hybridized carbons (Fsp3) is 0.846. The molecule has 0 saturated carbocycles. The Balaban J connectivity index is 3.32. The van der Waals surface area contributed by atoms with E-state index in [1.165, 1.54) is 45.2 Å². The van der Waals surface area contributed by atoms with Crippen LogP contribution in [0.2, 0.25) is 0 Å². The summed E-state index contributed by atoms with van der Waals surface area (Å²) in [6.07, 6.45) is 8.61. The number of hydrogen-bond acceptors (Lipinski definition) is 2. The molecule has 0 radical (unpaired) electrons. The molecule has 0 bridgehead atoms. The highest BCUT2D eigenvalue weighted by Crippen LogP contribution is 2.02. The first-order valence-electron chi connectivity index (χ1n) is 6.33. The Kier molecular flexibility index (Phi) is 11.5. The van der Waals surface area contributed by atoms with Crippen molar-refractivity contribution in [2.45, 2.75) is 39.0 Å². The van der Waals surface area contributed by atoms with Gasteiger partial charge in [0, 0.05) is 6.54 Å². The molecule has 0 fully saturated rings. The number of nitrogens with zero attached hydrogens (tertiary/aromatic N) is 1. The summed E-state index contributed by atoms with van der Waals surface area (Å²) in [4.78, 5) is 2.49. The summed E-state index contributed by atoms with van der Waals surface area (Å²) in [6.45, 7) is 10.7. The molecule has 90 valence electrons. The van der Waals surface area contributed by atoms with E-state index in [9.17, 15) is 0 Å². The summed E-state index contributed by atoms with van der Waals surface area (Å²) in [5, 5.41) is 3.18. The summed E-state index contributed by atoms with van der Waals surface area (Å²) < 4.78 is 0. The first kappa shape index (κ1) is 14.7. The van der Waals surface area contributed by atoms with Gasteiger partial charge in [0.1, 0.15) is 0 Å². The molecule has 0 saturated heterocycles. The minimum atomic E-state index is 1.05. The molecule has 0 aliphatic heterocycles. The molecule has 1 N–H and O–H groups in total. The molecule has 0 aliphatic carbocycles. The van der Waals surface area contributed by atoms with Gasteiger partial charge >= 0.3 is 0 Å². The van der Waals surface area contributed by atoms with E-state index in [4.69, 9.17) is 0 Å². The van der Waals surface area contributed by atoms with Crippen molar-refractivity contribution in [3.05, 3.63) is 12.7 Å². The molecule has 0 aromatic carbocycles. The Labute approximate surface area is 95.7 Å². The summed E-state index contributed by atoms with van der Waals surface area (Å²) in [7, 11) is 2.02. The van der Waals surface area contributed by atoms with Crippen molar-refractivity contribution >= 4 is 0 Å². The standard InChI is InChI=1S/C13H28N2/c1-4-11-15(12-5-2)13-9-7-6-8-10-14-3/h4,14H,1,5-13H2,2-3H3. The minimum absolute atomic E-state index is 1.05. The van der Waals surface area contributed by atoms with E-state index in [1.54, 1.807) is 0 Å². The molecular weight excluding hydrogens is 184 g/mol. The van der Waals surface area contributed by atoms with Gasteiger partial charge in [0.15, 0.2) is 0 Å². The zero-order valence-electron chi connectivity index (χ0n) is 10.6. The van der Waals surface area contributed by atoms with Gasteiger partial charge in [0.05, 0.1) is 0 Å². The van der Waals surface area contributed by atoms with Crippen molar-refractivity contribution in [3.63, 3.8) is 0 Å². The zero-order valence-corrected chi connectivity index (χ0v) is 10.6. The fourth-order valence-electron chi connectivity index (χ4n) is 1.78. The highest BCUT2D eigenvalue weighted by Gasteiger charge is 2.00. The Hall–Kier alpha value is -0.340. The van der Waals surface area contributed by atoms with E-state index in [0.29, 0.717) is 0 Å². The SMILES string of the molecule is C=CCN(CCC)CCCCCCNC. The maximum Gasteiger partial charge on any atom is 0.0160 e. The zero-order chi connectivity index (χ0) is 11.4. The van der Waals surface area contributed by atoms with Crippen molar-refractivity contribution < 1.29 is 0 Å². The topological polar surface area (TPSA) is 15.3 Å². The van der Waals surface area contributed by atoms with Crippen LogP contribution in [0, 0.1) is 0 Å². The molecule has 0 amide bonds. The van der Waals surface area contributed by atoms with Gasteiger partial charge in [-0.2, -0.15) is 0 Å². The van der Waals surface area contributed by atoms with Gasteiger partial charge < -0.3 is 5.32 Å². The maximum atomic E-state index is 3.80. The van der Waals surface area contributed by atoms with Gasteiger partial charge in [0.2, 0.25) is 0 Å². The summed E-state index contributed by atoms with van der Waals surface area (Å²) in [6, 6.07) is 0. The van der Waals surface area contributed by atoms with E-state index in [2.05, 4.69) is 23.7 Å². The van der Waals surface area contributed by atoms with Crippen LogP contribution >= 0.6 is 0 Å². The molecule has 0 aromatic heterocycles. The van der Waals surface area contributed by atoms with Crippen LogP contribution in [0.15, 0.2) is 12.7 Å². The smallest absolute Gasteiger partial charge is 0.0160 e. The molecule has 0 rings (SSSR count). The number of hydrogen-bond donors (Lipinski definition) is 1.